The standard InChI is InChI=1S/C24H27N5O2S/c1-5-31-21(30)14-28-23(22(27-24(28)32)19-8-6-7-10-25-19)18-13-16(3)29(17(18)4)20-12-15(2)9-11-26-20/h6-13,22-23H,5,14H2,1-4H3,(H,27,32)/t22-,23-/m0/s1. The van der Waals surface area contributed by atoms with Gasteiger partial charge in [-0.05, 0) is 81.4 Å². The van der Waals surface area contributed by atoms with Crippen LogP contribution in [-0.2, 0) is 9.53 Å². The molecule has 4 heterocycles. The molecule has 1 N–H and O–H groups in total. The zero-order valence-corrected chi connectivity index (χ0v) is 19.5. The Morgan fingerprint density at radius 2 is 1.97 bits per heavy atom. The minimum atomic E-state index is -0.308. The number of carbonyl (C=O) groups is 1. The summed E-state index contributed by atoms with van der Waals surface area (Å²) in [6.07, 6.45) is 3.59. The molecule has 1 aliphatic heterocycles. The molecule has 1 fully saturated rings. The maximum absolute atomic E-state index is 12.4. The second kappa shape index (κ2) is 9.08. The predicted octanol–water partition coefficient (Wildman–Crippen LogP) is 3.73. The minimum Gasteiger partial charge on any atom is -0.465 e. The lowest BCUT2D eigenvalue weighted by Crippen LogP contribution is -2.35. The van der Waals surface area contributed by atoms with Gasteiger partial charge in [-0.25, -0.2) is 4.98 Å². The average molecular weight is 450 g/mol. The van der Waals surface area contributed by atoms with E-state index in [0.717, 1.165) is 34.0 Å². The Morgan fingerprint density at radius 3 is 2.66 bits per heavy atom. The van der Waals surface area contributed by atoms with Crippen LogP contribution in [-0.4, -0.2) is 43.7 Å². The lowest BCUT2D eigenvalue weighted by molar-refractivity contribution is -0.143. The van der Waals surface area contributed by atoms with Crippen LogP contribution in [0, 0.1) is 20.8 Å². The van der Waals surface area contributed by atoms with Gasteiger partial charge in [0, 0.05) is 23.8 Å². The normalized spacial score (nSPS) is 18.0. The van der Waals surface area contributed by atoms with Crippen LogP contribution >= 0.6 is 12.2 Å². The molecule has 1 aliphatic rings. The SMILES string of the molecule is CCOC(=O)CN1C(=S)N[C@@H](c2ccccn2)[C@@H]1c1cc(C)n(-c2cc(C)ccn2)c1C. The summed E-state index contributed by atoms with van der Waals surface area (Å²) in [5.41, 5.74) is 5.18. The van der Waals surface area contributed by atoms with Crippen molar-refractivity contribution in [3.8, 4) is 5.82 Å². The largest absolute Gasteiger partial charge is 0.465 e. The average Bonchev–Trinajstić information content (AvgIpc) is 3.24. The Hall–Kier alpha value is -3.26. The molecule has 8 heteroatoms. The first kappa shape index (κ1) is 22.0. The number of thiocarbonyl (C=S) groups is 1. The topological polar surface area (TPSA) is 72.3 Å². The smallest absolute Gasteiger partial charge is 0.325 e. The molecule has 0 spiro atoms. The van der Waals surface area contributed by atoms with Crippen LogP contribution in [0.4, 0.5) is 0 Å². The number of aryl methyl sites for hydroxylation is 2. The van der Waals surface area contributed by atoms with E-state index in [4.69, 9.17) is 17.0 Å². The lowest BCUT2D eigenvalue weighted by atomic mass is 9.97. The van der Waals surface area contributed by atoms with Gasteiger partial charge in [0.25, 0.3) is 0 Å². The molecule has 3 aromatic rings. The number of hydrogen-bond donors (Lipinski definition) is 1. The maximum atomic E-state index is 12.4. The monoisotopic (exact) mass is 449 g/mol. The van der Waals surface area contributed by atoms with E-state index < -0.39 is 0 Å². The highest BCUT2D eigenvalue weighted by molar-refractivity contribution is 7.80. The maximum Gasteiger partial charge on any atom is 0.325 e. The van der Waals surface area contributed by atoms with E-state index in [-0.39, 0.29) is 24.6 Å². The van der Waals surface area contributed by atoms with Crippen molar-refractivity contribution in [1.82, 2.24) is 24.8 Å². The van der Waals surface area contributed by atoms with Crippen molar-refractivity contribution in [2.75, 3.05) is 13.2 Å². The highest BCUT2D eigenvalue weighted by atomic mass is 32.1. The summed E-state index contributed by atoms with van der Waals surface area (Å²) in [6.45, 7) is 8.39. The quantitative estimate of drug-likeness (QED) is 0.454. The fourth-order valence-electron chi connectivity index (χ4n) is 4.34. The third kappa shape index (κ3) is 4.10. The minimum absolute atomic E-state index is 0.0695. The second-order valence-electron chi connectivity index (χ2n) is 7.91. The Morgan fingerprint density at radius 1 is 1.16 bits per heavy atom. The summed E-state index contributed by atoms with van der Waals surface area (Å²) in [7, 11) is 0. The van der Waals surface area contributed by atoms with E-state index in [1.54, 1.807) is 13.1 Å². The third-order valence-corrected chi connectivity index (χ3v) is 6.07. The molecule has 32 heavy (non-hydrogen) atoms. The van der Waals surface area contributed by atoms with Gasteiger partial charge in [0.2, 0.25) is 0 Å². The van der Waals surface area contributed by atoms with Gasteiger partial charge in [-0.15, -0.1) is 0 Å². The summed E-state index contributed by atoms with van der Waals surface area (Å²) in [4.78, 5) is 23.4. The molecule has 0 amide bonds. The fourth-order valence-corrected chi connectivity index (χ4v) is 4.65. The van der Waals surface area contributed by atoms with Gasteiger partial charge in [-0.3, -0.25) is 9.78 Å². The molecule has 0 radical (unpaired) electrons. The highest BCUT2D eigenvalue weighted by Gasteiger charge is 2.42. The van der Waals surface area contributed by atoms with Crippen molar-refractivity contribution in [2.45, 2.75) is 39.8 Å². The highest BCUT2D eigenvalue weighted by Crippen LogP contribution is 2.41. The summed E-state index contributed by atoms with van der Waals surface area (Å²) in [5.74, 6) is 0.559. The Balaban J connectivity index is 1.81. The van der Waals surface area contributed by atoms with Gasteiger partial charge >= 0.3 is 5.97 Å². The number of ether oxygens (including phenoxy) is 1. The van der Waals surface area contributed by atoms with Crippen LogP contribution in [0.2, 0.25) is 0 Å². The van der Waals surface area contributed by atoms with Crippen molar-refractivity contribution in [1.29, 1.82) is 0 Å². The van der Waals surface area contributed by atoms with E-state index in [1.807, 2.05) is 35.4 Å². The summed E-state index contributed by atoms with van der Waals surface area (Å²) < 4.78 is 7.36. The van der Waals surface area contributed by atoms with Gasteiger partial charge < -0.3 is 19.5 Å². The van der Waals surface area contributed by atoms with Crippen LogP contribution in [0.25, 0.3) is 5.82 Å². The summed E-state index contributed by atoms with van der Waals surface area (Å²) in [6, 6.07) is 11.6. The number of aromatic nitrogens is 3. The van der Waals surface area contributed by atoms with Gasteiger partial charge in [0.15, 0.2) is 5.11 Å². The zero-order chi connectivity index (χ0) is 22.8. The molecule has 0 saturated carbocycles. The Kier molecular flexibility index (Phi) is 6.23. The molecule has 0 aromatic carbocycles. The first-order valence-electron chi connectivity index (χ1n) is 10.7. The van der Waals surface area contributed by atoms with Crippen molar-refractivity contribution in [3.05, 3.63) is 77.0 Å². The van der Waals surface area contributed by atoms with Crippen molar-refractivity contribution >= 4 is 23.3 Å². The van der Waals surface area contributed by atoms with Crippen LogP contribution in [0.5, 0.6) is 0 Å². The van der Waals surface area contributed by atoms with Gasteiger partial charge in [-0.1, -0.05) is 6.07 Å². The van der Waals surface area contributed by atoms with Crippen LogP contribution in [0.15, 0.2) is 48.8 Å². The number of nitrogens with zero attached hydrogens (tertiary/aromatic N) is 4. The van der Waals surface area contributed by atoms with Crippen molar-refractivity contribution in [2.24, 2.45) is 0 Å². The molecule has 0 aliphatic carbocycles. The number of rotatable bonds is 6. The number of pyridine rings is 2. The van der Waals surface area contributed by atoms with Crippen LogP contribution in [0.3, 0.4) is 0 Å². The van der Waals surface area contributed by atoms with E-state index >= 15 is 0 Å². The van der Waals surface area contributed by atoms with Gasteiger partial charge in [-0.2, -0.15) is 0 Å². The molecule has 0 bridgehead atoms. The molecule has 0 unspecified atom stereocenters. The molecular formula is C24H27N5O2S. The molecular weight excluding hydrogens is 422 g/mol. The number of hydrogen-bond acceptors (Lipinski definition) is 5. The molecule has 166 valence electrons. The Labute approximate surface area is 193 Å². The molecule has 4 rings (SSSR count). The summed E-state index contributed by atoms with van der Waals surface area (Å²) >= 11 is 5.65. The molecule has 2 atom stereocenters. The second-order valence-corrected chi connectivity index (χ2v) is 8.30. The number of esters is 1. The van der Waals surface area contributed by atoms with Crippen LogP contribution < -0.4 is 5.32 Å². The number of carbonyl (C=O) groups excluding carboxylic acids is 1. The van der Waals surface area contributed by atoms with Crippen LogP contribution in [0.1, 0.15) is 47.2 Å². The van der Waals surface area contributed by atoms with Gasteiger partial charge in [0.05, 0.1) is 24.4 Å². The summed E-state index contributed by atoms with van der Waals surface area (Å²) in [5, 5.41) is 3.89. The van der Waals surface area contributed by atoms with E-state index in [0.29, 0.717) is 11.7 Å². The van der Waals surface area contributed by atoms with Crippen molar-refractivity contribution < 1.29 is 9.53 Å². The number of nitrogens with one attached hydrogen (secondary N) is 1. The molecule has 7 nitrogen and oxygen atoms in total. The van der Waals surface area contributed by atoms with E-state index in [2.05, 4.69) is 52.8 Å². The molecule has 3 aromatic heterocycles. The van der Waals surface area contributed by atoms with Gasteiger partial charge in [0.1, 0.15) is 12.4 Å². The Bertz CT molecular complexity index is 1140. The van der Waals surface area contributed by atoms with E-state index in [9.17, 15) is 4.79 Å². The fraction of sp³-hybridized carbons (Fsp3) is 0.333. The molecule has 1 saturated heterocycles. The first-order chi connectivity index (χ1) is 15.4. The first-order valence-corrected chi connectivity index (χ1v) is 11.1. The predicted molar refractivity (Wildman–Crippen MR) is 127 cm³/mol. The third-order valence-electron chi connectivity index (χ3n) is 5.72. The van der Waals surface area contributed by atoms with E-state index in [1.165, 1.54) is 0 Å². The zero-order valence-electron chi connectivity index (χ0n) is 18.7. The van der Waals surface area contributed by atoms with Crippen molar-refractivity contribution in [3.63, 3.8) is 0 Å². The lowest BCUT2D eigenvalue weighted by Gasteiger charge is -2.27.